The van der Waals surface area contributed by atoms with Gasteiger partial charge in [-0.1, -0.05) is 18.2 Å². The molecule has 0 aliphatic carbocycles. The topological polar surface area (TPSA) is 121 Å². The summed E-state index contributed by atoms with van der Waals surface area (Å²) < 4.78 is 15.8. The predicted octanol–water partition coefficient (Wildman–Crippen LogP) is 2.59. The molecule has 9 nitrogen and oxygen atoms in total. The maximum absolute atomic E-state index is 12.3. The lowest BCUT2D eigenvalue weighted by molar-refractivity contribution is 0.0462. The fourth-order valence-electron chi connectivity index (χ4n) is 2.63. The van der Waals surface area contributed by atoms with E-state index < -0.39 is 5.97 Å². The van der Waals surface area contributed by atoms with Crippen molar-refractivity contribution < 1.29 is 19.0 Å². The summed E-state index contributed by atoms with van der Waals surface area (Å²) in [6.45, 7) is 1.94. The van der Waals surface area contributed by atoms with Gasteiger partial charge in [-0.05, 0) is 36.8 Å². The molecule has 0 bridgehead atoms. The van der Waals surface area contributed by atoms with E-state index in [0.717, 1.165) is 11.3 Å². The number of nitrogens with two attached hydrogens (primary N) is 1. The third-order valence-corrected chi connectivity index (χ3v) is 4.03. The number of nitrogens with zero attached hydrogens (tertiary/aromatic N) is 3. The van der Waals surface area contributed by atoms with Gasteiger partial charge < -0.3 is 25.3 Å². The fraction of sp³-hybridized carbons (Fsp3) is 0.158. The second-order valence-corrected chi connectivity index (χ2v) is 6.02. The number of esters is 1. The number of hydrogen-bond donors (Lipinski definition) is 2. The second kappa shape index (κ2) is 7.39. The van der Waals surface area contributed by atoms with E-state index in [1.54, 1.807) is 18.2 Å². The van der Waals surface area contributed by atoms with E-state index in [2.05, 4.69) is 20.3 Å². The highest BCUT2D eigenvalue weighted by Gasteiger charge is 2.17. The van der Waals surface area contributed by atoms with Gasteiger partial charge in [-0.3, -0.25) is 0 Å². The lowest BCUT2D eigenvalue weighted by Gasteiger charge is -2.10. The monoisotopic (exact) mass is 379 g/mol. The normalized spacial score (nSPS) is 11.9. The van der Waals surface area contributed by atoms with Gasteiger partial charge in [0, 0.05) is 5.69 Å². The average Bonchev–Trinajstić information content (AvgIpc) is 3.15. The molecule has 0 saturated carbocycles. The van der Waals surface area contributed by atoms with Gasteiger partial charge in [0.05, 0.1) is 5.56 Å². The maximum atomic E-state index is 12.3. The fourth-order valence-corrected chi connectivity index (χ4v) is 2.63. The maximum Gasteiger partial charge on any atom is 0.338 e. The minimum atomic E-state index is -0.536. The Morgan fingerprint density at radius 3 is 2.82 bits per heavy atom. The van der Waals surface area contributed by atoms with E-state index in [-0.39, 0.29) is 31.1 Å². The number of carbonyl (C=O) groups is 1. The van der Waals surface area contributed by atoms with Crippen LogP contribution in [0.15, 0.2) is 42.5 Å². The van der Waals surface area contributed by atoms with Crippen molar-refractivity contribution in [1.29, 1.82) is 0 Å². The Labute approximate surface area is 160 Å². The highest BCUT2D eigenvalue weighted by molar-refractivity contribution is 5.90. The SMILES string of the molecule is Cc1ccccc1Nc1nc(N)nc(COC(=O)c2ccc3c(c2)OCO3)n1. The first kappa shape index (κ1) is 17.5. The second-order valence-electron chi connectivity index (χ2n) is 6.02. The van der Waals surface area contributed by atoms with E-state index in [9.17, 15) is 4.79 Å². The van der Waals surface area contributed by atoms with Crippen LogP contribution in [0.1, 0.15) is 21.7 Å². The van der Waals surface area contributed by atoms with Crippen molar-refractivity contribution >= 4 is 23.6 Å². The zero-order chi connectivity index (χ0) is 19.5. The molecule has 4 rings (SSSR count). The largest absolute Gasteiger partial charge is 0.454 e. The van der Waals surface area contributed by atoms with Crippen molar-refractivity contribution in [3.05, 3.63) is 59.4 Å². The Morgan fingerprint density at radius 1 is 1.14 bits per heavy atom. The van der Waals surface area contributed by atoms with Crippen LogP contribution in [0.2, 0.25) is 0 Å². The molecule has 1 aliphatic heterocycles. The Kier molecular flexibility index (Phi) is 4.63. The average molecular weight is 379 g/mol. The van der Waals surface area contributed by atoms with Gasteiger partial charge >= 0.3 is 5.97 Å². The van der Waals surface area contributed by atoms with E-state index >= 15 is 0 Å². The summed E-state index contributed by atoms with van der Waals surface area (Å²) in [5, 5.41) is 3.09. The molecule has 0 radical (unpaired) electrons. The Morgan fingerprint density at radius 2 is 1.96 bits per heavy atom. The number of fused-ring (bicyclic) bond motifs is 1. The van der Waals surface area contributed by atoms with Crippen molar-refractivity contribution in [2.45, 2.75) is 13.5 Å². The molecule has 1 aliphatic rings. The van der Waals surface area contributed by atoms with Crippen molar-refractivity contribution in [1.82, 2.24) is 15.0 Å². The predicted molar refractivity (Wildman–Crippen MR) is 100 cm³/mol. The van der Waals surface area contributed by atoms with Gasteiger partial charge in [-0.2, -0.15) is 15.0 Å². The van der Waals surface area contributed by atoms with Crippen molar-refractivity contribution in [2.24, 2.45) is 0 Å². The van der Waals surface area contributed by atoms with Gasteiger partial charge in [0.25, 0.3) is 0 Å². The van der Waals surface area contributed by atoms with Crippen molar-refractivity contribution in [3.63, 3.8) is 0 Å². The first-order chi connectivity index (χ1) is 13.6. The zero-order valence-electron chi connectivity index (χ0n) is 15.0. The number of para-hydroxylation sites is 1. The highest BCUT2D eigenvalue weighted by atomic mass is 16.7. The molecule has 2 aromatic carbocycles. The molecule has 0 fully saturated rings. The quantitative estimate of drug-likeness (QED) is 0.644. The summed E-state index contributed by atoms with van der Waals surface area (Å²) in [6.07, 6.45) is 0. The molecule has 0 saturated heterocycles. The number of hydrogen-bond acceptors (Lipinski definition) is 9. The summed E-state index contributed by atoms with van der Waals surface area (Å²) in [5.41, 5.74) is 7.96. The van der Waals surface area contributed by atoms with Crippen LogP contribution in [0.4, 0.5) is 17.6 Å². The van der Waals surface area contributed by atoms with Gasteiger partial charge in [0.2, 0.25) is 18.7 Å². The van der Waals surface area contributed by atoms with Gasteiger partial charge in [0.15, 0.2) is 23.9 Å². The number of anilines is 3. The molecule has 9 heteroatoms. The van der Waals surface area contributed by atoms with E-state index in [0.29, 0.717) is 17.1 Å². The smallest absolute Gasteiger partial charge is 0.338 e. The summed E-state index contributed by atoms with van der Waals surface area (Å²) in [5.74, 6) is 1.09. The lowest BCUT2D eigenvalue weighted by atomic mass is 10.2. The number of aromatic nitrogens is 3. The van der Waals surface area contributed by atoms with Crippen LogP contribution in [0.3, 0.4) is 0 Å². The Bertz CT molecular complexity index is 1040. The Balaban J connectivity index is 1.45. The molecule has 0 amide bonds. The first-order valence-electron chi connectivity index (χ1n) is 8.48. The van der Waals surface area contributed by atoms with Crippen LogP contribution in [-0.4, -0.2) is 27.7 Å². The van der Waals surface area contributed by atoms with Crippen molar-refractivity contribution in [2.75, 3.05) is 17.8 Å². The van der Waals surface area contributed by atoms with Crippen LogP contribution in [0, 0.1) is 6.92 Å². The van der Waals surface area contributed by atoms with Gasteiger partial charge in [0.1, 0.15) is 0 Å². The third-order valence-electron chi connectivity index (χ3n) is 4.03. The molecule has 142 valence electrons. The van der Waals surface area contributed by atoms with Gasteiger partial charge in [-0.25, -0.2) is 4.79 Å². The highest BCUT2D eigenvalue weighted by Crippen LogP contribution is 2.32. The lowest BCUT2D eigenvalue weighted by Crippen LogP contribution is -2.11. The van der Waals surface area contributed by atoms with Crippen LogP contribution < -0.4 is 20.5 Å². The molecule has 3 N–H and O–H groups in total. The third kappa shape index (κ3) is 3.78. The number of carbonyl (C=O) groups excluding carboxylic acids is 1. The van der Waals surface area contributed by atoms with Gasteiger partial charge in [-0.15, -0.1) is 0 Å². The molecule has 0 unspecified atom stereocenters. The number of ether oxygens (including phenoxy) is 3. The van der Waals surface area contributed by atoms with E-state index in [1.807, 2.05) is 31.2 Å². The molecule has 0 spiro atoms. The molecule has 0 atom stereocenters. The van der Waals surface area contributed by atoms with Crippen LogP contribution in [0.5, 0.6) is 11.5 Å². The minimum absolute atomic E-state index is 0.0280. The summed E-state index contributed by atoms with van der Waals surface area (Å²) in [6, 6.07) is 12.5. The number of rotatable bonds is 5. The van der Waals surface area contributed by atoms with Crippen molar-refractivity contribution in [3.8, 4) is 11.5 Å². The number of nitrogens with one attached hydrogen (secondary N) is 1. The molecule has 28 heavy (non-hydrogen) atoms. The number of nitrogen functional groups attached to an aromatic ring is 1. The first-order valence-corrected chi connectivity index (χ1v) is 8.48. The Hall–Kier alpha value is -3.88. The molecular weight excluding hydrogens is 362 g/mol. The summed E-state index contributed by atoms with van der Waals surface area (Å²) >= 11 is 0. The van der Waals surface area contributed by atoms with Crippen LogP contribution in [-0.2, 0) is 11.3 Å². The number of benzene rings is 2. The molecule has 1 aromatic heterocycles. The van der Waals surface area contributed by atoms with E-state index in [4.69, 9.17) is 19.9 Å². The summed E-state index contributed by atoms with van der Waals surface area (Å²) in [4.78, 5) is 24.6. The minimum Gasteiger partial charge on any atom is -0.454 e. The molecular formula is C19H17N5O4. The van der Waals surface area contributed by atoms with Crippen LogP contribution in [0.25, 0.3) is 0 Å². The molecule has 2 heterocycles. The number of aryl methyl sites for hydroxylation is 1. The zero-order valence-corrected chi connectivity index (χ0v) is 15.0. The van der Waals surface area contributed by atoms with Crippen LogP contribution >= 0.6 is 0 Å². The summed E-state index contributed by atoms with van der Waals surface area (Å²) in [7, 11) is 0. The molecule has 3 aromatic rings. The van der Waals surface area contributed by atoms with E-state index in [1.165, 1.54) is 0 Å². The standard InChI is InChI=1S/C19H17N5O4/c1-11-4-2-3-5-13(11)21-19-23-16(22-18(20)24-19)9-26-17(25)12-6-7-14-15(8-12)28-10-27-14/h2-8H,9-10H2,1H3,(H3,20,21,22,23,24).